The topological polar surface area (TPSA) is 102 Å². The summed E-state index contributed by atoms with van der Waals surface area (Å²) in [4.78, 5) is 45.0. The first-order valence-corrected chi connectivity index (χ1v) is 7.96. The highest BCUT2D eigenvalue weighted by atomic mass is 16.4. The fraction of sp³-hybridized carbons (Fsp3) is 0.235. The van der Waals surface area contributed by atoms with Crippen molar-refractivity contribution in [3.05, 3.63) is 58.3 Å². The van der Waals surface area contributed by atoms with Crippen molar-refractivity contribution in [1.29, 1.82) is 0 Å². The lowest BCUT2D eigenvalue weighted by molar-refractivity contribution is 0.0535. The fourth-order valence-corrected chi connectivity index (χ4v) is 3.02. The molecule has 0 spiro atoms. The molecule has 4 rings (SSSR count). The molecule has 1 fully saturated rings. The summed E-state index contributed by atoms with van der Waals surface area (Å²) in [5.41, 5.74) is 2.02. The van der Waals surface area contributed by atoms with Crippen LogP contribution in [-0.4, -0.2) is 57.8 Å². The number of carbonyl (C=O) groups excluding carboxylic acids is 2. The molecule has 2 aromatic heterocycles. The molecule has 1 saturated heterocycles. The highest BCUT2D eigenvalue weighted by Gasteiger charge is 2.25. The number of aromatic amines is 2. The van der Waals surface area contributed by atoms with Crippen LogP contribution in [0, 0.1) is 0 Å². The Morgan fingerprint density at radius 3 is 2.28 bits per heavy atom. The van der Waals surface area contributed by atoms with Crippen LogP contribution in [0.2, 0.25) is 0 Å². The van der Waals surface area contributed by atoms with Crippen molar-refractivity contribution in [2.24, 2.45) is 0 Å². The SMILES string of the molecule is O=C(c1cc[nH]c1)N1CCN(C(=O)c2ccc3oc(=O)[nH]c3c2)CC1. The Morgan fingerprint density at radius 2 is 1.64 bits per heavy atom. The van der Waals surface area contributed by atoms with E-state index >= 15 is 0 Å². The van der Waals surface area contributed by atoms with Gasteiger partial charge in [-0.25, -0.2) is 4.79 Å². The lowest BCUT2D eigenvalue weighted by Crippen LogP contribution is -2.50. The number of nitrogens with one attached hydrogen (secondary N) is 2. The fourth-order valence-electron chi connectivity index (χ4n) is 3.02. The summed E-state index contributed by atoms with van der Waals surface area (Å²) in [5, 5.41) is 0. The summed E-state index contributed by atoms with van der Waals surface area (Å²) in [6.07, 6.45) is 3.38. The van der Waals surface area contributed by atoms with Gasteiger partial charge in [0.05, 0.1) is 11.1 Å². The quantitative estimate of drug-likeness (QED) is 0.728. The zero-order valence-corrected chi connectivity index (χ0v) is 13.3. The van der Waals surface area contributed by atoms with Gasteiger partial charge in [-0.15, -0.1) is 0 Å². The van der Waals surface area contributed by atoms with E-state index < -0.39 is 5.76 Å². The van der Waals surface area contributed by atoms with Gasteiger partial charge < -0.3 is 19.2 Å². The van der Waals surface area contributed by atoms with E-state index in [9.17, 15) is 14.4 Å². The molecule has 0 radical (unpaired) electrons. The molecule has 25 heavy (non-hydrogen) atoms. The number of amides is 2. The average molecular weight is 340 g/mol. The largest absolute Gasteiger partial charge is 0.417 e. The highest BCUT2D eigenvalue weighted by Crippen LogP contribution is 2.16. The average Bonchev–Trinajstić information content (AvgIpc) is 3.28. The van der Waals surface area contributed by atoms with Gasteiger partial charge in [-0.2, -0.15) is 0 Å². The molecule has 1 aliphatic rings. The van der Waals surface area contributed by atoms with E-state index in [0.717, 1.165) is 0 Å². The van der Waals surface area contributed by atoms with E-state index in [1.807, 2.05) is 0 Å². The summed E-state index contributed by atoms with van der Waals surface area (Å²) >= 11 is 0. The normalized spacial score (nSPS) is 14.9. The summed E-state index contributed by atoms with van der Waals surface area (Å²) in [7, 11) is 0. The first kappa shape index (κ1) is 15.3. The van der Waals surface area contributed by atoms with Crippen molar-refractivity contribution in [2.45, 2.75) is 0 Å². The van der Waals surface area contributed by atoms with Gasteiger partial charge in [-0.1, -0.05) is 0 Å². The molecule has 2 N–H and O–H groups in total. The minimum Gasteiger partial charge on any atom is -0.408 e. The number of hydrogen-bond donors (Lipinski definition) is 2. The van der Waals surface area contributed by atoms with Crippen molar-refractivity contribution in [2.75, 3.05) is 26.2 Å². The molecule has 8 nitrogen and oxygen atoms in total. The number of H-pyrrole nitrogens is 2. The van der Waals surface area contributed by atoms with Crippen LogP contribution in [-0.2, 0) is 0 Å². The molecule has 1 aromatic carbocycles. The minimum absolute atomic E-state index is 0.0364. The summed E-state index contributed by atoms with van der Waals surface area (Å²) in [5.74, 6) is -0.708. The van der Waals surface area contributed by atoms with E-state index in [1.165, 1.54) is 0 Å². The van der Waals surface area contributed by atoms with Crippen LogP contribution in [0.5, 0.6) is 0 Å². The molecule has 0 aliphatic carbocycles. The molecule has 3 heterocycles. The molecule has 0 saturated carbocycles. The van der Waals surface area contributed by atoms with Crippen molar-refractivity contribution < 1.29 is 14.0 Å². The van der Waals surface area contributed by atoms with Gasteiger partial charge in [0.25, 0.3) is 11.8 Å². The zero-order valence-electron chi connectivity index (χ0n) is 13.3. The maximum Gasteiger partial charge on any atom is 0.417 e. The van der Waals surface area contributed by atoms with Crippen molar-refractivity contribution in [3.8, 4) is 0 Å². The number of aromatic nitrogens is 2. The number of benzene rings is 1. The number of carbonyl (C=O) groups is 2. The van der Waals surface area contributed by atoms with Gasteiger partial charge >= 0.3 is 5.76 Å². The molecule has 0 bridgehead atoms. The first-order valence-electron chi connectivity index (χ1n) is 7.96. The second kappa shape index (κ2) is 5.97. The Balaban J connectivity index is 1.45. The Bertz CT molecular complexity index is 978. The highest BCUT2D eigenvalue weighted by molar-refractivity contribution is 5.97. The van der Waals surface area contributed by atoms with E-state index in [2.05, 4.69) is 9.97 Å². The van der Waals surface area contributed by atoms with E-state index in [-0.39, 0.29) is 11.8 Å². The molecular formula is C17H16N4O4. The number of rotatable bonds is 2. The van der Waals surface area contributed by atoms with Crippen molar-refractivity contribution in [1.82, 2.24) is 19.8 Å². The van der Waals surface area contributed by atoms with Gasteiger partial charge in [0.15, 0.2) is 5.58 Å². The standard InChI is InChI=1S/C17H16N4O4/c22-15(11-1-2-14-13(9-11)19-17(24)25-14)20-5-7-21(8-6-20)16(23)12-3-4-18-10-12/h1-4,9-10,18H,5-8H2,(H,19,24). The summed E-state index contributed by atoms with van der Waals surface area (Å²) < 4.78 is 4.94. The Morgan fingerprint density at radius 1 is 0.960 bits per heavy atom. The van der Waals surface area contributed by atoms with Crippen LogP contribution in [0.4, 0.5) is 0 Å². The first-order chi connectivity index (χ1) is 12.1. The van der Waals surface area contributed by atoms with Crippen LogP contribution in [0.15, 0.2) is 45.9 Å². The Hall–Kier alpha value is -3.29. The maximum atomic E-state index is 12.7. The monoisotopic (exact) mass is 340 g/mol. The molecule has 1 aliphatic heterocycles. The maximum absolute atomic E-state index is 12.7. The predicted molar refractivity (Wildman–Crippen MR) is 89.4 cm³/mol. The van der Waals surface area contributed by atoms with Gasteiger partial charge in [-0.05, 0) is 24.3 Å². The van der Waals surface area contributed by atoms with Gasteiger partial charge in [0.2, 0.25) is 0 Å². The van der Waals surface area contributed by atoms with Crippen LogP contribution in [0.1, 0.15) is 20.7 Å². The van der Waals surface area contributed by atoms with Crippen LogP contribution < -0.4 is 5.76 Å². The minimum atomic E-state index is -0.545. The van der Waals surface area contributed by atoms with Gasteiger partial charge in [0.1, 0.15) is 0 Å². The second-order valence-electron chi connectivity index (χ2n) is 5.91. The number of nitrogens with zero attached hydrogens (tertiary/aromatic N) is 2. The van der Waals surface area contributed by atoms with Crippen molar-refractivity contribution in [3.63, 3.8) is 0 Å². The predicted octanol–water partition coefficient (Wildman–Crippen LogP) is 1.05. The molecule has 8 heteroatoms. The number of piperazine rings is 1. The molecule has 128 valence electrons. The molecular weight excluding hydrogens is 324 g/mol. The third-order valence-electron chi connectivity index (χ3n) is 4.36. The Labute approximate surface area is 142 Å². The molecule has 3 aromatic rings. The lowest BCUT2D eigenvalue weighted by Gasteiger charge is -2.34. The van der Waals surface area contributed by atoms with Crippen LogP contribution >= 0.6 is 0 Å². The summed E-state index contributed by atoms with van der Waals surface area (Å²) in [6.45, 7) is 1.91. The summed E-state index contributed by atoms with van der Waals surface area (Å²) in [6, 6.07) is 6.59. The van der Waals surface area contributed by atoms with Crippen molar-refractivity contribution >= 4 is 22.9 Å². The van der Waals surface area contributed by atoms with E-state index in [1.54, 1.807) is 46.5 Å². The van der Waals surface area contributed by atoms with E-state index in [4.69, 9.17) is 4.42 Å². The molecule has 0 atom stereocenters. The third kappa shape index (κ3) is 2.82. The second-order valence-corrected chi connectivity index (χ2v) is 5.91. The van der Waals surface area contributed by atoms with Crippen LogP contribution in [0.3, 0.4) is 0 Å². The van der Waals surface area contributed by atoms with Crippen LogP contribution in [0.25, 0.3) is 11.1 Å². The van der Waals surface area contributed by atoms with Gasteiger partial charge in [-0.3, -0.25) is 14.6 Å². The lowest BCUT2D eigenvalue weighted by atomic mass is 10.1. The smallest absolute Gasteiger partial charge is 0.408 e. The molecule has 2 amide bonds. The molecule has 0 unspecified atom stereocenters. The zero-order chi connectivity index (χ0) is 17.4. The number of hydrogen-bond acceptors (Lipinski definition) is 4. The number of oxazole rings is 1. The number of fused-ring (bicyclic) bond motifs is 1. The van der Waals surface area contributed by atoms with E-state index in [0.29, 0.717) is 48.4 Å². The third-order valence-corrected chi connectivity index (χ3v) is 4.36. The Kier molecular flexibility index (Phi) is 3.64. The van der Waals surface area contributed by atoms with Gasteiger partial charge in [0, 0.05) is 44.1 Å².